The summed E-state index contributed by atoms with van der Waals surface area (Å²) in [5.41, 5.74) is -0.587. The molecule has 2 nitrogen and oxygen atoms in total. The molecule has 2 heteroatoms. The molecule has 138 valence electrons. The predicted molar refractivity (Wildman–Crippen MR) is 101 cm³/mol. The number of hydrogen-bond donors (Lipinski definition) is 1. The summed E-state index contributed by atoms with van der Waals surface area (Å²) in [6.45, 7) is 11.1. The number of aliphatic carboxylic acids is 1. The van der Waals surface area contributed by atoms with Gasteiger partial charge in [-0.15, -0.1) is 0 Å². The van der Waals surface area contributed by atoms with Gasteiger partial charge >= 0.3 is 5.97 Å². The molecular weight excluding hydrogens is 284 g/mol. The Kier molecular flexibility index (Phi) is 11.6. The highest BCUT2D eigenvalue weighted by Crippen LogP contribution is 2.53. The lowest BCUT2D eigenvalue weighted by molar-refractivity contribution is -0.161. The summed E-state index contributed by atoms with van der Waals surface area (Å²) in [4.78, 5) is 12.5. The van der Waals surface area contributed by atoms with Crippen molar-refractivity contribution in [2.24, 2.45) is 10.8 Å². The normalized spacial score (nSPS) is 14.7. The summed E-state index contributed by atoms with van der Waals surface area (Å²) >= 11 is 0. The standard InChI is InChI=1S/C21H42O2/c1-6-10-14-16-20(5,15-11-7-2)21(19(22)23,17-12-8-3)18-13-9-4/h6-18H2,1-5H3,(H,22,23). The van der Waals surface area contributed by atoms with Gasteiger partial charge in [-0.1, -0.05) is 92.4 Å². The van der Waals surface area contributed by atoms with Crippen LogP contribution in [-0.2, 0) is 4.79 Å². The summed E-state index contributed by atoms with van der Waals surface area (Å²) in [6, 6.07) is 0. The lowest BCUT2D eigenvalue weighted by atomic mass is 9.56. The third-order valence-corrected chi connectivity index (χ3v) is 5.89. The minimum atomic E-state index is -0.533. The van der Waals surface area contributed by atoms with Crippen molar-refractivity contribution in [3.8, 4) is 0 Å². The summed E-state index contributed by atoms with van der Waals surface area (Å²) in [7, 11) is 0. The maximum absolute atomic E-state index is 12.5. The highest BCUT2D eigenvalue weighted by molar-refractivity contribution is 5.75. The predicted octanol–water partition coefficient (Wildman–Crippen LogP) is 7.21. The Morgan fingerprint density at radius 2 is 1.09 bits per heavy atom. The summed E-state index contributed by atoms with van der Waals surface area (Å²) in [5, 5.41) is 10.3. The number of rotatable bonds is 15. The Morgan fingerprint density at radius 1 is 0.696 bits per heavy atom. The van der Waals surface area contributed by atoms with Crippen LogP contribution in [0.2, 0.25) is 0 Å². The van der Waals surface area contributed by atoms with Crippen LogP contribution in [0, 0.1) is 10.8 Å². The molecule has 0 aliphatic rings. The van der Waals surface area contributed by atoms with Crippen molar-refractivity contribution >= 4 is 5.97 Å². The van der Waals surface area contributed by atoms with Crippen molar-refractivity contribution in [1.29, 1.82) is 0 Å². The largest absolute Gasteiger partial charge is 0.481 e. The highest BCUT2D eigenvalue weighted by Gasteiger charge is 2.51. The van der Waals surface area contributed by atoms with Gasteiger partial charge in [-0.25, -0.2) is 0 Å². The van der Waals surface area contributed by atoms with Gasteiger partial charge in [0.15, 0.2) is 0 Å². The van der Waals surface area contributed by atoms with Crippen molar-refractivity contribution in [2.75, 3.05) is 0 Å². The molecule has 0 aliphatic carbocycles. The van der Waals surface area contributed by atoms with E-state index in [2.05, 4.69) is 34.6 Å². The van der Waals surface area contributed by atoms with Gasteiger partial charge in [0.25, 0.3) is 0 Å². The van der Waals surface area contributed by atoms with Crippen LogP contribution in [0.4, 0.5) is 0 Å². The fraction of sp³-hybridized carbons (Fsp3) is 0.952. The summed E-state index contributed by atoms with van der Waals surface area (Å²) < 4.78 is 0. The third kappa shape index (κ3) is 6.47. The summed E-state index contributed by atoms with van der Waals surface area (Å²) in [6.07, 6.45) is 14.0. The Morgan fingerprint density at radius 3 is 1.48 bits per heavy atom. The maximum Gasteiger partial charge on any atom is 0.310 e. The topological polar surface area (TPSA) is 37.3 Å². The first-order valence-corrected chi connectivity index (χ1v) is 10.2. The molecule has 1 atom stereocenters. The monoisotopic (exact) mass is 326 g/mol. The van der Waals surface area contributed by atoms with Crippen LogP contribution in [0.15, 0.2) is 0 Å². The van der Waals surface area contributed by atoms with E-state index in [1.165, 1.54) is 19.3 Å². The van der Waals surface area contributed by atoms with Crippen LogP contribution in [0.5, 0.6) is 0 Å². The minimum absolute atomic E-state index is 0.0612. The van der Waals surface area contributed by atoms with Gasteiger partial charge in [0.1, 0.15) is 0 Å². The SMILES string of the molecule is CCCCCC(C)(CCCC)C(CCCC)(CCCC)C(=O)O. The van der Waals surface area contributed by atoms with Crippen molar-refractivity contribution in [2.45, 2.75) is 118 Å². The molecule has 0 aromatic carbocycles. The Balaban J connectivity index is 5.56. The molecule has 0 saturated heterocycles. The molecule has 1 unspecified atom stereocenters. The molecule has 0 aromatic rings. The summed E-state index contributed by atoms with van der Waals surface area (Å²) in [5.74, 6) is -0.533. The second-order valence-corrected chi connectivity index (χ2v) is 7.72. The molecule has 0 saturated carbocycles. The van der Waals surface area contributed by atoms with Crippen molar-refractivity contribution in [1.82, 2.24) is 0 Å². The Bertz CT molecular complexity index is 303. The molecule has 0 heterocycles. The highest BCUT2D eigenvalue weighted by atomic mass is 16.4. The zero-order valence-electron chi connectivity index (χ0n) is 16.5. The molecule has 0 aliphatic heterocycles. The van der Waals surface area contributed by atoms with E-state index in [0.717, 1.165) is 64.2 Å². The van der Waals surface area contributed by atoms with E-state index in [-0.39, 0.29) is 5.41 Å². The van der Waals surface area contributed by atoms with Crippen LogP contribution < -0.4 is 0 Å². The molecule has 0 aromatic heterocycles. The first kappa shape index (κ1) is 22.5. The van der Waals surface area contributed by atoms with E-state index in [1.54, 1.807) is 0 Å². The number of carbonyl (C=O) groups is 1. The fourth-order valence-corrected chi connectivity index (χ4v) is 4.09. The zero-order valence-corrected chi connectivity index (χ0v) is 16.5. The first-order chi connectivity index (χ1) is 10.9. The van der Waals surface area contributed by atoms with Crippen molar-refractivity contribution in [3.05, 3.63) is 0 Å². The molecule has 23 heavy (non-hydrogen) atoms. The average molecular weight is 327 g/mol. The van der Waals surface area contributed by atoms with Crippen LogP contribution in [-0.4, -0.2) is 11.1 Å². The maximum atomic E-state index is 12.5. The zero-order chi connectivity index (χ0) is 17.8. The first-order valence-electron chi connectivity index (χ1n) is 10.2. The van der Waals surface area contributed by atoms with E-state index in [4.69, 9.17) is 0 Å². The van der Waals surface area contributed by atoms with E-state index < -0.39 is 11.4 Å². The van der Waals surface area contributed by atoms with Gasteiger partial charge in [-0.2, -0.15) is 0 Å². The molecule has 0 spiro atoms. The van der Waals surface area contributed by atoms with Gasteiger partial charge in [0, 0.05) is 0 Å². The molecule has 0 amide bonds. The lowest BCUT2D eigenvalue weighted by Gasteiger charge is -2.47. The van der Waals surface area contributed by atoms with E-state index >= 15 is 0 Å². The number of hydrogen-bond acceptors (Lipinski definition) is 1. The van der Waals surface area contributed by atoms with Crippen molar-refractivity contribution in [3.63, 3.8) is 0 Å². The van der Waals surface area contributed by atoms with Crippen LogP contribution >= 0.6 is 0 Å². The lowest BCUT2D eigenvalue weighted by Crippen LogP contribution is -2.46. The molecule has 1 N–H and O–H groups in total. The van der Waals surface area contributed by atoms with Crippen LogP contribution in [0.1, 0.15) is 118 Å². The van der Waals surface area contributed by atoms with Gasteiger partial charge in [0.2, 0.25) is 0 Å². The third-order valence-electron chi connectivity index (χ3n) is 5.89. The number of unbranched alkanes of at least 4 members (excludes halogenated alkanes) is 5. The minimum Gasteiger partial charge on any atom is -0.481 e. The van der Waals surface area contributed by atoms with Gasteiger partial charge in [0.05, 0.1) is 5.41 Å². The molecule has 0 bridgehead atoms. The van der Waals surface area contributed by atoms with Crippen LogP contribution in [0.25, 0.3) is 0 Å². The second kappa shape index (κ2) is 11.9. The second-order valence-electron chi connectivity index (χ2n) is 7.72. The number of carboxylic acids is 1. The van der Waals surface area contributed by atoms with E-state index in [9.17, 15) is 9.90 Å². The van der Waals surface area contributed by atoms with Gasteiger partial charge in [-0.3, -0.25) is 4.79 Å². The molecule has 0 radical (unpaired) electrons. The van der Waals surface area contributed by atoms with Crippen molar-refractivity contribution < 1.29 is 9.90 Å². The van der Waals surface area contributed by atoms with Gasteiger partial charge in [-0.05, 0) is 31.1 Å². The quantitative estimate of drug-likeness (QED) is 0.323. The molecular formula is C21H42O2. The Labute approximate surface area is 145 Å². The van der Waals surface area contributed by atoms with E-state index in [0.29, 0.717) is 0 Å². The van der Waals surface area contributed by atoms with Crippen LogP contribution in [0.3, 0.4) is 0 Å². The average Bonchev–Trinajstić information content (AvgIpc) is 2.53. The molecule has 0 fully saturated rings. The fourth-order valence-electron chi connectivity index (χ4n) is 4.09. The smallest absolute Gasteiger partial charge is 0.310 e. The Hall–Kier alpha value is -0.530. The molecule has 0 rings (SSSR count). The van der Waals surface area contributed by atoms with Gasteiger partial charge < -0.3 is 5.11 Å². The van der Waals surface area contributed by atoms with E-state index in [1.807, 2.05) is 0 Å². The number of carboxylic acid groups (broad SMARTS) is 1.